The van der Waals surface area contributed by atoms with Crippen molar-refractivity contribution >= 4 is 16.7 Å². The molecule has 0 saturated carbocycles. The molecule has 1 aromatic heterocycles. The molecular formula is C19H15N5O. The highest BCUT2D eigenvalue weighted by molar-refractivity contribution is 5.84. The van der Waals surface area contributed by atoms with Gasteiger partial charge in [-0.05, 0) is 18.2 Å². The molecule has 0 aliphatic heterocycles. The van der Waals surface area contributed by atoms with E-state index in [0.29, 0.717) is 6.54 Å². The lowest BCUT2D eigenvalue weighted by molar-refractivity contribution is 0.278. The summed E-state index contributed by atoms with van der Waals surface area (Å²) in [5.41, 5.74) is 3.36. The first-order valence-corrected chi connectivity index (χ1v) is 7.70. The number of imidazole rings is 1. The molecule has 0 spiro atoms. The Balaban J connectivity index is 2.05. The van der Waals surface area contributed by atoms with Gasteiger partial charge in [-0.25, -0.2) is 4.98 Å². The molecule has 3 rings (SSSR count). The fraction of sp³-hybridized carbons (Fsp3) is 0.105. The van der Waals surface area contributed by atoms with Crippen LogP contribution in [-0.2, 0) is 6.54 Å². The lowest BCUT2D eigenvalue weighted by Gasteiger charge is -2.07. The quantitative estimate of drug-likeness (QED) is 0.701. The number of allylic oxidation sites excluding steroid dienone is 1. The predicted octanol–water partition coefficient (Wildman–Crippen LogP) is 3.04. The summed E-state index contributed by atoms with van der Waals surface area (Å²) < 4.78 is 1.97. The number of fused-ring (bicyclic) bond motifs is 1. The topological polar surface area (TPSA) is 97.7 Å². The molecule has 0 atom stereocenters. The number of hydrogen-bond donors (Lipinski definition) is 2. The van der Waals surface area contributed by atoms with Gasteiger partial charge in [0.25, 0.3) is 0 Å². The first kappa shape index (κ1) is 16.3. The van der Waals surface area contributed by atoms with E-state index in [1.165, 1.54) is 6.20 Å². The molecule has 0 saturated heterocycles. The van der Waals surface area contributed by atoms with Gasteiger partial charge in [0.1, 0.15) is 23.5 Å². The van der Waals surface area contributed by atoms with Gasteiger partial charge in [0.05, 0.1) is 17.6 Å². The SMILES string of the molecule is N#CC(C#N)=CNc1ccc2c(c1)nc(-c1ccccc1)n2CCO. The number of nitrogens with one attached hydrogen (secondary N) is 1. The number of benzene rings is 2. The van der Waals surface area contributed by atoms with Crippen molar-refractivity contribution in [1.29, 1.82) is 10.5 Å². The lowest BCUT2D eigenvalue weighted by atomic mass is 10.2. The molecule has 3 aromatic rings. The molecule has 6 nitrogen and oxygen atoms in total. The van der Waals surface area contributed by atoms with Crippen LogP contribution in [0.4, 0.5) is 5.69 Å². The monoisotopic (exact) mass is 329 g/mol. The Morgan fingerprint density at radius 3 is 2.60 bits per heavy atom. The second kappa shape index (κ2) is 7.31. The highest BCUT2D eigenvalue weighted by Crippen LogP contribution is 2.26. The van der Waals surface area contributed by atoms with Crippen molar-refractivity contribution in [3.8, 4) is 23.5 Å². The highest BCUT2D eigenvalue weighted by Gasteiger charge is 2.12. The first-order valence-electron chi connectivity index (χ1n) is 7.70. The van der Waals surface area contributed by atoms with Crippen molar-refractivity contribution in [2.75, 3.05) is 11.9 Å². The second-order valence-corrected chi connectivity index (χ2v) is 5.31. The number of aromatic nitrogens is 2. The van der Waals surface area contributed by atoms with Crippen LogP contribution < -0.4 is 5.32 Å². The smallest absolute Gasteiger partial charge is 0.145 e. The number of nitriles is 2. The number of aliphatic hydroxyl groups is 1. The maximum absolute atomic E-state index is 9.39. The molecule has 2 aromatic carbocycles. The van der Waals surface area contributed by atoms with Crippen LogP contribution in [0.2, 0.25) is 0 Å². The van der Waals surface area contributed by atoms with E-state index in [-0.39, 0.29) is 12.2 Å². The number of nitrogens with zero attached hydrogens (tertiary/aromatic N) is 4. The van der Waals surface area contributed by atoms with E-state index in [4.69, 9.17) is 15.5 Å². The number of hydrogen-bond acceptors (Lipinski definition) is 5. The van der Waals surface area contributed by atoms with Crippen molar-refractivity contribution < 1.29 is 5.11 Å². The van der Waals surface area contributed by atoms with Crippen LogP contribution in [0.3, 0.4) is 0 Å². The summed E-state index contributed by atoms with van der Waals surface area (Å²) in [4.78, 5) is 4.69. The van der Waals surface area contributed by atoms with Gasteiger partial charge in [0, 0.05) is 24.0 Å². The Hall–Kier alpha value is -3.61. The Kier molecular flexibility index (Phi) is 4.75. The zero-order valence-electron chi connectivity index (χ0n) is 13.3. The van der Waals surface area contributed by atoms with Crippen LogP contribution in [-0.4, -0.2) is 21.3 Å². The molecular weight excluding hydrogens is 314 g/mol. The first-order chi connectivity index (χ1) is 12.3. The number of anilines is 1. The number of rotatable bonds is 5. The van der Waals surface area contributed by atoms with Crippen LogP contribution in [0, 0.1) is 22.7 Å². The number of aliphatic hydroxyl groups excluding tert-OH is 1. The van der Waals surface area contributed by atoms with Crippen LogP contribution >= 0.6 is 0 Å². The summed E-state index contributed by atoms with van der Waals surface area (Å²) in [5, 5.41) is 29.9. The van der Waals surface area contributed by atoms with Gasteiger partial charge in [-0.2, -0.15) is 10.5 Å². The Morgan fingerprint density at radius 1 is 1.16 bits per heavy atom. The van der Waals surface area contributed by atoms with Gasteiger partial charge in [-0.1, -0.05) is 30.3 Å². The van der Waals surface area contributed by atoms with Crippen molar-refractivity contribution in [3.05, 3.63) is 60.3 Å². The van der Waals surface area contributed by atoms with Crippen LogP contribution in [0.1, 0.15) is 0 Å². The standard InChI is InChI=1S/C19H15N5O/c20-11-14(12-21)13-22-16-6-7-18-17(10-16)23-19(24(18)8-9-25)15-4-2-1-3-5-15/h1-7,10,13,22,25H,8-9H2. The Morgan fingerprint density at radius 2 is 1.92 bits per heavy atom. The average molecular weight is 329 g/mol. The summed E-state index contributed by atoms with van der Waals surface area (Å²) in [6, 6.07) is 19.0. The van der Waals surface area contributed by atoms with Gasteiger partial charge >= 0.3 is 0 Å². The average Bonchev–Trinajstić information content (AvgIpc) is 3.01. The third kappa shape index (κ3) is 3.35. The van der Waals surface area contributed by atoms with Crippen molar-refractivity contribution in [2.45, 2.75) is 6.54 Å². The molecule has 25 heavy (non-hydrogen) atoms. The molecule has 0 aliphatic carbocycles. The third-order valence-corrected chi connectivity index (χ3v) is 3.73. The van der Waals surface area contributed by atoms with E-state index in [0.717, 1.165) is 28.1 Å². The van der Waals surface area contributed by atoms with Crippen molar-refractivity contribution in [2.24, 2.45) is 0 Å². The Bertz CT molecular complexity index is 990. The van der Waals surface area contributed by atoms with E-state index < -0.39 is 0 Å². The molecule has 1 heterocycles. The third-order valence-electron chi connectivity index (χ3n) is 3.73. The second-order valence-electron chi connectivity index (χ2n) is 5.31. The van der Waals surface area contributed by atoms with Gasteiger partial charge in [0.2, 0.25) is 0 Å². The molecule has 0 unspecified atom stereocenters. The molecule has 0 fully saturated rings. The van der Waals surface area contributed by atoms with E-state index in [1.54, 1.807) is 12.1 Å². The summed E-state index contributed by atoms with van der Waals surface area (Å²) in [5.74, 6) is 0.784. The summed E-state index contributed by atoms with van der Waals surface area (Å²) in [7, 11) is 0. The van der Waals surface area contributed by atoms with Crippen LogP contribution in [0.25, 0.3) is 22.4 Å². The largest absolute Gasteiger partial charge is 0.395 e. The van der Waals surface area contributed by atoms with Crippen molar-refractivity contribution in [1.82, 2.24) is 9.55 Å². The van der Waals surface area contributed by atoms with Crippen molar-refractivity contribution in [3.63, 3.8) is 0 Å². The molecule has 122 valence electrons. The molecule has 0 aliphatic rings. The minimum atomic E-state index is -0.00381. The normalized spacial score (nSPS) is 10.0. The molecule has 6 heteroatoms. The summed E-state index contributed by atoms with van der Waals surface area (Å²) >= 11 is 0. The van der Waals surface area contributed by atoms with E-state index >= 15 is 0 Å². The van der Waals surface area contributed by atoms with Gasteiger partial charge in [-0.15, -0.1) is 0 Å². The van der Waals surface area contributed by atoms with Gasteiger partial charge in [-0.3, -0.25) is 0 Å². The fourth-order valence-electron chi connectivity index (χ4n) is 2.60. The zero-order chi connectivity index (χ0) is 17.6. The van der Waals surface area contributed by atoms with E-state index in [2.05, 4.69) is 5.32 Å². The minimum Gasteiger partial charge on any atom is -0.395 e. The Labute approximate surface area is 144 Å². The van der Waals surface area contributed by atoms with E-state index in [9.17, 15) is 5.11 Å². The van der Waals surface area contributed by atoms with E-state index in [1.807, 2.05) is 53.1 Å². The molecule has 0 amide bonds. The summed E-state index contributed by atoms with van der Waals surface area (Å²) in [6.07, 6.45) is 1.37. The fourth-order valence-corrected chi connectivity index (χ4v) is 2.60. The van der Waals surface area contributed by atoms with Gasteiger partial charge in [0.15, 0.2) is 0 Å². The summed E-state index contributed by atoms with van der Waals surface area (Å²) in [6.45, 7) is 0.460. The predicted molar refractivity (Wildman–Crippen MR) is 95.2 cm³/mol. The van der Waals surface area contributed by atoms with Gasteiger partial charge < -0.3 is 15.0 Å². The maximum atomic E-state index is 9.39. The van der Waals surface area contributed by atoms with Crippen LogP contribution in [0.15, 0.2) is 60.3 Å². The molecule has 2 N–H and O–H groups in total. The molecule has 0 radical (unpaired) electrons. The minimum absolute atomic E-state index is 0.00381. The zero-order valence-corrected chi connectivity index (χ0v) is 13.3. The highest BCUT2D eigenvalue weighted by atomic mass is 16.3. The lowest BCUT2D eigenvalue weighted by Crippen LogP contribution is -2.04. The van der Waals surface area contributed by atoms with Crippen LogP contribution in [0.5, 0.6) is 0 Å². The maximum Gasteiger partial charge on any atom is 0.145 e. The molecule has 0 bridgehead atoms.